The molecule has 1 N–H and O–H groups in total. The second-order valence-corrected chi connectivity index (χ2v) is 7.11. The van der Waals surface area contributed by atoms with Crippen LogP contribution in [0.5, 0.6) is 0 Å². The van der Waals surface area contributed by atoms with E-state index in [-0.39, 0.29) is 5.41 Å². The van der Waals surface area contributed by atoms with Gasteiger partial charge in [0.15, 0.2) is 0 Å². The SMILES string of the molecule is CCCCCCCCCCC(C)(C(=O)O)C(C)(C)C. The molecule has 0 saturated carbocycles. The van der Waals surface area contributed by atoms with E-state index in [1.165, 1.54) is 44.9 Å². The summed E-state index contributed by atoms with van der Waals surface area (Å²) in [6.45, 7) is 10.2. The van der Waals surface area contributed by atoms with Crippen molar-refractivity contribution in [3.05, 3.63) is 0 Å². The van der Waals surface area contributed by atoms with Crippen molar-refractivity contribution >= 4 is 5.97 Å². The third-order valence-corrected chi connectivity index (χ3v) is 4.66. The molecule has 0 bridgehead atoms. The Morgan fingerprint density at radius 2 is 1.26 bits per heavy atom. The maximum atomic E-state index is 11.5. The van der Waals surface area contributed by atoms with Crippen molar-refractivity contribution in [3.8, 4) is 0 Å². The Balaban J connectivity index is 3.88. The van der Waals surface area contributed by atoms with Gasteiger partial charge in [0.1, 0.15) is 0 Å². The van der Waals surface area contributed by atoms with Crippen LogP contribution in [0.2, 0.25) is 0 Å². The first-order valence-electron chi connectivity index (χ1n) is 7.99. The summed E-state index contributed by atoms with van der Waals surface area (Å²) in [5.41, 5.74) is -0.783. The largest absolute Gasteiger partial charge is 0.481 e. The van der Waals surface area contributed by atoms with Crippen LogP contribution in [0.4, 0.5) is 0 Å². The molecular weight excluding hydrogens is 236 g/mol. The molecule has 0 amide bonds. The van der Waals surface area contributed by atoms with E-state index in [1.807, 2.05) is 27.7 Å². The van der Waals surface area contributed by atoms with Crippen LogP contribution in [0, 0.1) is 10.8 Å². The Morgan fingerprint density at radius 3 is 1.63 bits per heavy atom. The highest BCUT2D eigenvalue weighted by Gasteiger charge is 2.43. The lowest BCUT2D eigenvalue weighted by atomic mass is 9.65. The smallest absolute Gasteiger partial charge is 0.309 e. The molecule has 2 nitrogen and oxygen atoms in total. The molecule has 0 aliphatic rings. The standard InChI is InChI=1S/C17H34O2/c1-6-7-8-9-10-11-12-13-14-17(5,15(18)19)16(2,3)4/h6-14H2,1-5H3,(H,18,19). The summed E-state index contributed by atoms with van der Waals surface area (Å²) in [4.78, 5) is 11.5. The van der Waals surface area contributed by atoms with Crippen molar-refractivity contribution in [2.24, 2.45) is 10.8 Å². The zero-order valence-corrected chi connectivity index (χ0v) is 13.7. The lowest BCUT2D eigenvalue weighted by molar-refractivity contribution is -0.155. The fourth-order valence-corrected chi connectivity index (χ4v) is 2.42. The van der Waals surface area contributed by atoms with Gasteiger partial charge in [-0.25, -0.2) is 0 Å². The van der Waals surface area contributed by atoms with E-state index >= 15 is 0 Å². The minimum Gasteiger partial charge on any atom is -0.481 e. The van der Waals surface area contributed by atoms with Gasteiger partial charge in [-0.15, -0.1) is 0 Å². The molecule has 1 atom stereocenters. The van der Waals surface area contributed by atoms with Gasteiger partial charge in [-0.3, -0.25) is 4.79 Å². The molecule has 0 spiro atoms. The van der Waals surface area contributed by atoms with Crippen molar-refractivity contribution in [2.45, 2.75) is 92.4 Å². The molecule has 0 aromatic rings. The van der Waals surface area contributed by atoms with E-state index in [2.05, 4.69) is 6.92 Å². The predicted molar refractivity (Wildman–Crippen MR) is 82.4 cm³/mol. The van der Waals surface area contributed by atoms with Crippen LogP contribution in [-0.4, -0.2) is 11.1 Å². The second kappa shape index (κ2) is 8.60. The zero-order valence-electron chi connectivity index (χ0n) is 13.7. The van der Waals surface area contributed by atoms with E-state index in [0.29, 0.717) is 0 Å². The van der Waals surface area contributed by atoms with Gasteiger partial charge in [0.05, 0.1) is 5.41 Å². The molecule has 114 valence electrons. The molecule has 19 heavy (non-hydrogen) atoms. The lowest BCUT2D eigenvalue weighted by Crippen LogP contribution is -2.40. The Bertz CT molecular complexity index is 252. The molecular formula is C17H34O2. The second-order valence-electron chi connectivity index (χ2n) is 7.11. The minimum absolute atomic E-state index is 0.181. The summed E-state index contributed by atoms with van der Waals surface area (Å²) in [7, 11) is 0. The van der Waals surface area contributed by atoms with Crippen molar-refractivity contribution < 1.29 is 9.90 Å². The van der Waals surface area contributed by atoms with Gasteiger partial charge in [-0.1, -0.05) is 79.1 Å². The fourth-order valence-electron chi connectivity index (χ4n) is 2.42. The maximum Gasteiger partial charge on any atom is 0.309 e. The van der Waals surface area contributed by atoms with Crippen LogP contribution < -0.4 is 0 Å². The lowest BCUT2D eigenvalue weighted by Gasteiger charge is -2.38. The van der Waals surface area contributed by atoms with Crippen LogP contribution >= 0.6 is 0 Å². The molecule has 0 heterocycles. The molecule has 1 unspecified atom stereocenters. The minimum atomic E-state index is -0.650. The first kappa shape index (κ1) is 18.5. The summed E-state index contributed by atoms with van der Waals surface area (Å²) in [6, 6.07) is 0. The number of unbranched alkanes of at least 4 members (excludes halogenated alkanes) is 7. The van der Waals surface area contributed by atoms with Gasteiger partial charge in [0, 0.05) is 0 Å². The van der Waals surface area contributed by atoms with Crippen LogP contribution in [0.3, 0.4) is 0 Å². The molecule has 0 aliphatic carbocycles. The molecule has 2 heteroatoms. The van der Waals surface area contributed by atoms with Gasteiger partial charge in [-0.05, 0) is 18.8 Å². The van der Waals surface area contributed by atoms with Crippen LogP contribution in [0.1, 0.15) is 92.4 Å². The maximum absolute atomic E-state index is 11.5. The van der Waals surface area contributed by atoms with Crippen LogP contribution in [0.15, 0.2) is 0 Å². The fraction of sp³-hybridized carbons (Fsp3) is 0.941. The molecule has 0 fully saturated rings. The normalized spacial score (nSPS) is 15.2. The number of hydrogen-bond acceptors (Lipinski definition) is 1. The van der Waals surface area contributed by atoms with Gasteiger partial charge in [0.25, 0.3) is 0 Å². The number of carbonyl (C=O) groups is 1. The first-order chi connectivity index (χ1) is 8.75. The van der Waals surface area contributed by atoms with Gasteiger partial charge >= 0.3 is 5.97 Å². The predicted octanol–water partition coefficient (Wildman–Crippen LogP) is 5.65. The van der Waals surface area contributed by atoms with Gasteiger partial charge in [0.2, 0.25) is 0 Å². The van der Waals surface area contributed by atoms with E-state index in [4.69, 9.17) is 0 Å². The highest BCUT2D eigenvalue weighted by Crippen LogP contribution is 2.42. The first-order valence-corrected chi connectivity index (χ1v) is 7.99. The van der Waals surface area contributed by atoms with Gasteiger partial charge in [-0.2, -0.15) is 0 Å². The Kier molecular flexibility index (Phi) is 8.36. The molecule has 0 aromatic heterocycles. The van der Waals surface area contributed by atoms with E-state index in [1.54, 1.807) is 0 Å². The Labute approximate surface area is 120 Å². The van der Waals surface area contributed by atoms with Crippen LogP contribution in [-0.2, 0) is 4.79 Å². The zero-order chi connectivity index (χ0) is 14.9. The average Bonchev–Trinajstić information content (AvgIpc) is 2.30. The summed E-state index contributed by atoms with van der Waals surface area (Å²) in [5.74, 6) is -0.650. The van der Waals surface area contributed by atoms with Crippen LogP contribution in [0.25, 0.3) is 0 Å². The monoisotopic (exact) mass is 270 g/mol. The summed E-state index contributed by atoms with van der Waals surface area (Å²) in [5, 5.41) is 9.47. The molecule has 0 aliphatic heterocycles. The van der Waals surface area contributed by atoms with Crippen molar-refractivity contribution in [1.29, 1.82) is 0 Å². The van der Waals surface area contributed by atoms with E-state index < -0.39 is 11.4 Å². The van der Waals surface area contributed by atoms with Crippen molar-refractivity contribution in [3.63, 3.8) is 0 Å². The third kappa shape index (κ3) is 6.44. The number of carboxylic acid groups (broad SMARTS) is 1. The van der Waals surface area contributed by atoms with E-state index in [9.17, 15) is 9.90 Å². The van der Waals surface area contributed by atoms with Crippen molar-refractivity contribution in [1.82, 2.24) is 0 Å². The quantitative estimate of drug-likeness (QED) is 0.520. The molecule has 0 rings (SSSR count). The average molecular weight is 270 g/mol. The summed E-state index contributed by atoms with van der Waals surface area (Å²) < 4.78 is 0. The number of rotatable bonds is 10. The van der Waals surface area contributed by atoms with Crippen molar-refractivity contribution in [2.75, 3.05) is 0 Å². The Morgan fingerprint density at radius 1 is 0.842 bits per heavy atom. The molecule has 0 saturated heterocycles. The number of aliphatic carboxylic acids is 1. The number of hydrogen-bond donors (Lipinski definition) is 1. The van der Waals surface area contributed by atoms with Gasteiger partial charge < -0.3 is 5.11 Å². The molecule has 0 radical (unpaired) electrons. The highest BCUT2D eigenvalue weighted by atomic mass is 16.4. The third-order valence-electron chi connectivity index (χ3n) is 4.66. The Hall–Kier alpha value is -0.530. The summed E-state index contributed by atoms with van der Waals surface area (Å²) >= 11 is 0. The topological polar surface area (TPSA) is 37.3 Å². The highest BCUT2D eigenvalue weighted by molar-refractivity contribution is 5.75. The molecule has 0 aromatic carbocycles. The number of carboxylic acids is 1. The van der Waals surface area contributed by atoms with E-state index in [0.717, 1.165) is 12.8 Å². The summed E-state index contributed by atoms with van der Waals surface area (Å²) in [6.07, 6.45) is 10.9.